The first-order chi connectivity index (χ1) is 4.81. The smallest absolute Gasteiger partial charge is 0.0764 e. The molecule has 0 saturated heterocycles. The molecule has 0 aromatic rings. The van der Waals surface area contributed by atoms with Crippen LogP contribution in [0, 0.1) is 0 Å². The van der Waals surface area contributed by atoms with Crippen molar-refractivity contribution in [2.75, 3.05) is 20.1 Å². The lowest BCUT2D eigenvalue weighted by Crippen LogP contribution is -2.17. The molecule has 0 rings (SSSR count). The Bertz CT molecular complexity index is 107. The Morgan fingerprint density at radius 3 is 1.80 bits per heavy atom. The highest BCUT2D eigenvalue weighted by atomic mass is 16.2. The molecule has 0 spiro atoms. The van der Waals surface area contributed by atoms with Gasteiger partial charge in [-0.3, -0.25) is 4.90 Å². The number of nitrogens with zero attached hydrogens (tertiary/aromatic N) is 1. The summed E-state index contributed by atoms with van der Waals surface area (Å²) in [6.45, 7) is 1.36. The number of aliphatic hydroxyl groups is 2. The Kier molecular flexibility index (Phi) is 5.57. The van der Waals surface area contributed by atoms with Crippen LogP contribution in [0.2, 0.25) is 0 Å². The molecule has 0 aliphatic rings. The Hall–Kier alpha value is -0.960. The fraction of sp³-hybridized carbons (Fsp3) is 0.429. The van der Waals surface area contributed by atoms with E-state index in [4.69, 9.17) is 10.2 Å². The molecule has 0 aromatic carbocycles. The quantitative estimate of drug-likeness (QED) is 0.578. The molecule has 0 radical (unpaired) electrons. The van der Waals surface area contributed by atoms with Gasteiger partial charge in [-0.15, -0.1) is 0 Å². The van der Waals surface area contributed by atoms with E-state index in [1.165, 1.54) is 0 Å². The number of hydrogen-bond donors (Lipinski definition) is 2. The van der Waals surface area contributed by atoms with E-state index in [1.54, 1.807) is 12.2 Å². The first-order valence-corrected chi connectivity index (χ1v) is 3.08. The van der Waals surface area contributed by atoms with Crippen molar-refractivity contribution in [2.24, 2.45) is 0 Å². The normalized spacial score (nSPS) is 12.2. The third-order valence-corrected chi connectivity index (χ3v) is 1.04. The summed E-state index contributed by atoms with van der Waals surface area (Å²) >= 11 is 0. The maximum Gasteiger partial charge on any atom is 0.0764 e. The van der Waals surface area contributed by atoms with E-state index in [0.29, 0.717) is 13.1 Å². The van der Waals surface area contributed by atoms with Crippen LogP contribution in [0.5, 0.6) is 0 Å². The van der Waals surface area contributed by atoms with Crippen molar-refractivity contribution in [3.8, 4) is 0 Å². The lowest BCUT2D eigenvalue weighted by atomic mass is 10.5. The van der Waals surface area contributed by atoms with Crippen molar-refractivity contribution in [1.82, 2.24) is 4.90 Å². The van der Waals surface area contributed by atoms with Crippen LogP contribution in [0.15, 0.2) is 24.7 Å². The van der Waals surface area contributed by atoms with Gasteiger partial charge in [-0.2, -0.15) is 0 Å². The zero-order chi connectivity index (χ0) is 7.82. The minimum atomic E-state index is 0.681. The molecule has 3 heteroatoms. The second-order valence-corrected chi connectivity index (χ2v) is 1.99. The van der Waals surface area contributed by atoms with Gasteiger partial charge in [0, 0.05) is 13.1 Å². The van der Waals surface area contributed by atoms with E-state index >= 15 is 0 Å². The van der Waals surface area contributed by atoms with Gasteiger partial charge in [0.1, 0.15) is 0 Å². The van der Waals surface area contributed by atoms with E-state index < -0.39 is 0 Å². The maximum absolute atomic E-state index is 8.27. The second kappa shape index (κ2) is 6.16. The molecule has 0 amide bonds. The number of likely N-dealkylation sites (N-methyl/N-ethyl adjacent to an activating group) is 1. The van der Waals surface area contributed by atoms with Crippen LogP contribution in [0.1, 0.15) is 0 Å². The van der Waals surface area contributed by atoms with E-state index in [2.05, 4.69) is 0 Å². The summed E-state index contributed by atoms with van der Waals surface area (Å²) in [4.78, 5) is 1.93. The van der Waals surface area contributed by atoms with Gasteiger partial charge in [0.2, 0.25) is 0 Å². The Balaban J connectivity index is 3.33. The average Bonchev–Trinajstić information content (AvgIpc) is 1.97. The summed E-state index contributed by atoms with van der Waals surface area (Å²) in [5, 5.41) is 16.5. The van der Waals surface area contributed by atoms with E-state index in [0.717, 1.165) is 12.5 Å². The molecular weight excluding hydrogens is 130 g/mol. The van der Waals surface area contributed by atoms with Gasteiger partial charge in [-0.05, 0) is 19.2 Å². The molecule has 3 nitrogen and oxygen atoms in total. The molecule has 0 bridgehead atoms. The van der Waals surface area contributed by atoms with E-state index in [9.17, 15) is 0 Å². The maximum atomic E-state index is 8.27. The van der Waals surface area contributed by atoms with Crippen molar-refractivity contribution in [1.29, 1.82) is 0 Å². The Morgan fingerprint density at radius 2 is 1.50 bits per heavy atom. The molecule has 2 N–H and O–H groups in total. The highest BCUT2D eigenvalue weighted by Gasteiger charge is 1.88. The third kappa shape index (κ3) is 5.18. The fourth-order valence-corrected chi connectivity index (χ4v) is 0.529. The highest BCUT2D eigenvalue weighted by molar-refractivity contribution is 4.81. The summed E-state index contributed by atoms with van der Waals surface area (Å²) in [7, 11) is 1.89. The summed E-state index contributed by atoms with van der Waals surface area (Å²) in [5.41, 5.74) is 0. The van der Waals surface area contributed by atoms with Crippen LogP contribution in [0.25, 0.3) is 0 Å². The van der Waals surface area contributed by atoms with Crippen LogP contribution >= 0.6 is 0 Å². The lowest BCUT2D eigenvalue weighted by molar-refractivity contribution is 0.394. The van der Waals surface area contributed by atoms with Crippen molar-refractivity contribution < 1.29 is 10.2 Å². The summed E-state index contributed by atoms with van der Waals surface area (Å²) in [6.07, 6.45) is 5.29. The van der Waals surface area contributed by atoms with Crippen LogP contribution in [0.4, 0.5) is 0 Å². The summed E-state index contributed by atoms with van der Waals surface area (Å²) in [5.74, 6) is 0. The molecule has 0 unspecified atom stereocenters. The Labute approximate surface area is 60.9 Å². The molecule has 0 aliphatic carbocycles. The minimum Gasteiger partial charge on any atom is -0.516 e. The van der Waals surface area contributed by atoms with Gasteiger partial charge in [-0.1, -0.05) is 0 Å². The predicted molar refractivity (Wildman–Crippen MR) is 41.0 cm³/mol. The van der Waals surface area contributed by atoms with E-state index in [1.807, 2.05) is 11.9 Å². The minimum absolute atomic E-state index is 0.681. The van der Waals surface area contributed by atoms with Crippen molar-refractivity contribution in [3.63, 3.8) is 0 Å². The van der Waals surface area contributed by atoms with Crippen LogP contribution in [-0.4, -0.2) is 35.3 Å². The molecule has 10 heavy (non-hydrogen) atoms. The zero-order valence-corrected chi connectivity index (χ0v) is 6.07. The number of hydrogen-bond acceptors (Lipinski definition) is 3. The fourth-order valence-electron chi connectivity index (χ4n) is 0.529. The van der Waals surface area contributed by atoms with Gasteiger partial charge in [0.25, 0.3) is 0 Å². The molecule has 0 aromatic heterocycles. The first kappa shape index (κ1) is 9.04. The topological polar surface area (TPSA) is 43.7 Å². The van der Waals surface area contributed by atoms with Crippen molar-refractivity contribution >= 4 is 0 Å². The Morgan fingerprint density at radius 1 is 1.10 bits per heavy atom. The highest BCUT2D eigenvalue weighted by Crippen LogP contribution is 1.82. The van der Waals surface area contributed by atoms with Gasteiger partial charge >= 0.3 is 0 Å². The molecule has 0 heterocycles. The summed E-state index contributed by atoms with van der Waals surface area (Å²) in [6, 6.07) is 0. The molecule has 0 atom stereocenters. The van der Waals surface area contributed by atoms with Crippen molar-refractivity contribution in [2.45, 2.75) is 0 Å². The molecule has 58 valence electrons. The van der Waals surface area contributed by atoms with E-state index in [-0.39, 0.29) is 0 Å². The zero-order valence-electron chi connectivity index (χ0n) is 6.07. The van der Waals surface area contributed by atoms with Crippen molar-refractivity contribution in [3.05, 3.63) is 24.7 Å². The third-order valence-electron chi connectivity index (χ3n) is 1.04. The van der Waals surface area contributed by atoms with Crippen LogP contribution in [-0.2, 0) is 0 Å². The van der Waals surface area contributed by atoms with Gasteiger partial charge in [0.15, 0.2) is 0 Å². The SMILES string of the molecule is CN(CC=CO)CC=CO. The molecule has 0 saturated carbocycles. The van der Waals surface area contributed by atoms with Gasteiger partial charge in [-0.25, -0.2) is 0 Å². The first-order valence-electron chi connectivity index (χ1n) is 3.08. The summed E-state index contributed by atoms with van der Waals surface area (Å²) < 4.78 is 0. The van der Waals surface area contributed by atoms with Crippen LogP contribution in [0.3, 0.4) is 0 Å². The number of rotatable bonds is 4. The van der Waals surface area contributed by atoms with Gasteiger partial charge < -0.3 is 10.2 Å². The average molecular weight is 143 g/mol. The van der Waals surface area contributed by atoms with Gasteiger partial charge in [0.05, 0.1) is 12.5 Å². The lowest BCUT2D eigenvalue weighted by Gasteiger charge is -2.09. The standard InChI is InChI=1S/C7H13NO2/c1-8(4-2-6-9)5-3-7-10/h2-3,6-7,9-10H,4-5H2,1H3. The largest absolute Gasteiger partial charge is 0.516 e. The molecular formula is C7H13NO2. The molecule has 0 fully saturated rings. The monoisotopic (exact) mass is 143 g/mol. The second-order valence-electron chi connectivity index (χ2n) is 1.99. The molecule has 0 aliphatic heterocycles. The predicted octanol–water partition coefficient (Wildman–Crippen LogP) is 1.06. The number of aliphatic hydroxyl groups excluding tert-OH is 2. The van der Waals surface area contributed by atoms with Crippen LogP contribution < -0.4 is 0 Å².